The summed E-state index contributed by atoms with van der Waals surface area (Å²) in [6.45, 7) is 0.436. The van der Waals surface area contributed by atoms with Gasteiger partial charge in [0.25, 0.3) is 0 Å². The van der Waals surface area contributed by atoms with E-state index in [0.717, 1.165) is 15.7 Å². The van der Waals surface area contributed by atoms with Gasteiger partial charge in [0.2, 0.25) is 0 Å². The highest BCUT2D eigenvalue weighted by atomic mass is 79.9. The van der Waals surface area contributed by atoms with Gasteiger partial charge in [0.05, 0.1) is 5.69 Å². The number of aromatic amines is 1. The average molecular weight is 262 g/mol. The first-order chi connectivity index (χ1) is 5.90. The molecule has 0 aliphatic carbocycles. The third-order valence-corrected chi connectivity index (χ3v) is 2.35. The van der Waals surface area contributed by atoms with Crippen LogP contribution in [0.15, 0.2) is 12.3 Å². The first kappa shape index (κ1) is 10.3. The van der Waals surface area contributed by atoms with Crippen LogP contribution in [-0.2, 0) is 6.54 Å². The highest BCUT2D eigenvalue weighted by molar-refractivity contribution is 8.93. The third kappa shape index (κ3) is 2.11. The quantitative estimate of drug-likeness (QED) is 0.844. The number of hydrogen-bond acceptors (Lipinski definition) is 5. The van der Waals surface area contributed by atoms with E-state index in [0.29, 0.717) is 6.54 Å². The Kier molecular flexibility index (Phi) is 3.52. The lowest BCUT2D eigenvalue weighted by atomic mass is 10.5. The fourth-order valence-corrected chi connectivity index (χ4v) is 1.51. The van der Waals surface area contributed by atoms with Crippen molar-refractivity contribution < 1.29 is 0 Å². The highest BCUT2D eigenvalue weighted by Gasteiger charge is 2.05. The molecule has 0 bridgehead atoms. The zero-order valence-corrected chi connectivity index (χ0v) is 9.13. The molecule has 0 unspecified atom stereocenters. The number of nitrogens with one attached hydrogen (secondary N) is 1. The normalized spacial score (nSPS) is 9.62. The van der Waals surface area contributed by atoms with Gasteiger partial charge in [0, 0.05) is 12.7 Å². The van der Waals surface area contributed by atoms with Gasteiger partial charge in [-0.1, -0.05) is 11.3 Å². The lowest BCUT2D eigenvalue weighted by Gasteiger charge is -1.83. The molecule has 7 heteroatoms. The molecular formula is C6H8BrN5S. The summed E-state index contributed by atoms with van der Waals surface area (Å²) in [6.07, 6.45) is 1.68. The predicted octanol–water partition coefficient (Wildman–Crippen LogP) is 0.965. The molecule has 2 rings (SSSR count). The summed E-state index contributed by atoms with van der Waals surface area (Å²) in [4.78, 5) is 0. The van der Waals surface area contributed by atoms with E-state index in [1.54, 1.807) is 6.20 Å². The zero-order chi connectivity index (χ0) is 8.39. The van der Waals surface area contributed by atoms with E-state index in [1.165, 1.54) is 11.3 Å². The second kappa shape index (κ2) is 4.45. The average Bonchev–Trinajstić information content (AvgIpc) is 2.75. The molecule has 0 saturated carbocycles. The van der Waals surface area contributed by atoms with Crippen molar-refractivity contribution in [2.45, 2.75) is 6.54 Å². The minimum atomic E-state index is 0. The number of nitrogens with two attached hydrogens (primary N) is 1. The maximum absolute atomic E-state index is 5.40. The number of hydrogen-bond donors (Lipinski definition) is 2. The molecule has 2 heterocycles. The topological polar surface area (TPSA) is 80.5 Å². The SMILES string of the molecule is Br.NCc1nnc(-c2ccn[nH]2)s1. The fourth-order valence-electron chi connectivity index (χ4n) is 0.820. The van der Waals surface area contributed by atoms with Gasteiger partial charge in [-0.15, -0.1) is 27.2 Å². The van der Waals surface area contributed by atoms with Crippen LogP contribution in [0.4, 0.5) is 0 Å². The Balaban J connectivity index is 0.000000845. The maximum atomic E-state index is 5.40. The number of aromatic nitrogens is 4. The highest BCUT2D eigenvalue weighted by Crippen LogP contribution is 2.19. The van der Waals surface area contributed by atoms with Crippen LogP contribution in [0.1, 0.15) is 5.01 Å². The molecule has 5 nitrogen and oxygen atoms in total. The van der Waals surface area contributed by atoms with Crippen molar-refractivity contribution in [2.75, 3.05) is 0 Å². The first-order valence-corrected chi connectivity index (χ1v) is 4.24. The van der Waals surface area contributed by atoms with Crippen molar-refractivity contribution in [3.8, 4) is 10.7 Å². The van der Waals surface area contributed by atoms with Gasteiger partial charge >= 0.3 is 0 Å². The molecule has 0 amide bonds. The molecule has 0 radical (unpaired) electrons. The molecule has 0 saturated heterocycles. The summed E-state index contributed by atoms with van der Waals surface area (Å²) in [7, 11) is 0. The summed E-state index contributed by atoms with van der Waals surface area (Å²) < 4.78 is 0. The van der Waals surface area contributed by atoms with Gasteiger partial charge in [0.1, 0.15) is 5.01 Å². The van der Waals surface area contributed by atoms with Crippen LogP contribution in [0, 0.1) is 0 Å². The summed E-state index contributed by atoms with van der Waals surface area (Å²) in [5, 5.41) is 16.1. The van der Waals surface area contributed by atoms with Crippen molar-refractivity contribution in [1.82, 2.24) is 20.4 Å². The Morgan fingerprint density at radius 2 is 2.31 bits per heavy atom. The molecule has 13 heavy (non-hydrogen) atoms. The molecule has 0 aliphatic rings. The van der Waals surface area contributed by atoms with Crippen LogP contribution in [0.3, 0.4) is 0 Å². The Morgan fingerprint density at radius 1 is 1.46 bits per heavy atom. The maximum Gasteiger partial charge on any atom is 0.165 e. The Bertz CT molecular complexity index is 357. The van der Waals surface area contributed by atoms with Crippen LogP contribution in [0.2, 0.25) is 0 Å². The number of rotatable bonds is 2. The molecule has 0 atom stereocenters. The minimum absolute atomic E-state index is 0. The first-order valence-electron chi connectivity index (χ1n) is 3.42. The zero-order valence-electron chi connectivity index (χ0n) is 6.60. The second-order valence-electron chi connectivity index (χ2n) is 2.18. The van der Waals surface area contributed by atoms with E-state index in [-0.39, 0.29) is 17.0 Å². The molecule has 0 aromatic carbocycles. The largest absolute Gasteiger partial charge is 0.324 e. The van der Waals surface area contributed by atoms with Gasteiger partial charge in [-0.25, -0.2) is 0 Å². The van der Waals surface area contributed by atoms with Gasteiger partial charge < -0.3 is 5.73 Å². The van der Waals surface area contributed by atoms with Crippen molar-refractivity contribution in [2.24, 2.45) is 5.73 Å². The van der Waals surface area contributed by atoms with Crippen LogP contribution in [0.5, 0.6) is 0 Å². The summed E-state index contributed by atoms with van der Waals surface area (Å²) in [6, 6.07) is 1.85. The molecule has 0 spiro atoms. The van der Waals surface area contributed by atoms with Crippen molar-refractivity contribution in [3.63, 3.8) is 0 Å². The third-order valence-electron chi connectivity index (χ3n) is 1.37. The number of nitrogens with zero attached hydrogens (tertiary/aromatic N) is 3. The number of H-pyrrole nitrogens is 1. The molecule has 3 N–H and O–H groups in total. The lowest BCUT2D eigenvalue weighted by Crippen LogP contribution is -1.94. The van der Waals surface area contributed by atoms with Gasteiger partial charge in [-0.3, -0.25) is 5.10 Å². The van der Waals surface area contributed by atoms with Crippen LogP contribution >= 0.6 is 28.3 Å². The van der Waals surface area contributed by atoms with Gasteiger partial charge in [0.15, 0.2) is 5.01 Å². The second-order valence-corrected chi connectivity index (χ2v) is 3.24. The molecule has 0 aliphatic heterocycles. The Labute approximate surface area is 89.2 Å². The van der Waals surface area contributed by atoms with Gasteiger partial charge in [-0.2, -0.15) is 5.10 Å². The van der Waals surface area contributed by atoms with E-state index in [1.807, 2.05) is 6.07 Å². The van der Waals surface area contributed by atoms with Crippen LogP contribution in [0.25, 0.3) is 10.7 Å². The van der Waals surface area contributed by atoms with Crippen molar-refractivity contribution >= 4 is 28.3 Å². The fraction of sp³-hybridized carbons (Fsp3) is 0.167. The molecule has 70 valence electrons. The molecular weight excluding hydrogens is 254 g/mol. The molecule has 2 aromatic rings. The molecule has 0 fully saturated rings. The van der Waals surface area contributed by atoms with Crippen molar-refractivity contribution in [1.29, 1.82) is 0 Å². The monoisotopic (exact) mass is 261 g/mol. The van der Waals surface area contributed by atoms with E-state index in [9.17, 15) is 0 Å². The smallest absolute Gasteiger partial charge is 0.165 e. The minimum Gasteiger partial charge on any atom is -0.324 e. The summed E-state index contributed by atoms with van der Waals surface area (Å²) in [5.41, 5.74) is 6.28. The van der Waals surface area contributed by atoms with Crippen molar-refractivity contribution in [3.05, 3.63) is 17.3 Å². The number of halogens is 1. The predicted molar refractivity (Wildman–Crippen MR) is 55.7 cm³/mol. The lowest BCUT2D eigenvalue weighted by molar-refractivity contribution is 0.957. The molecule has 2 aromatic heterocycles. The van der Waals surface area contributed by atoms with E-state index >= 15 is 0 Å². The standard InChI is InChI=1S/C6H7N5S.BrH/c7-3-5-10-11-6(12-5)4-1-2-8-9-4;/h1-2H,3,7H2,(H,8,9);1H. The Morgan fingerprint density at radius 3 is 2.85 bits per heavy atom. The van der Waals surface area contributed by atoms with Crippen LogP contribution < -0.4 is 5.73 Å². The van der Waals surface area contributed by atoms with Gasteiger partial charge in [-0.05, 0) is 6.07 Å². The van der Waals surface area contributed by atoms with E-state index in [2.05, 4.69) is 20.4 Å². The Hall–Kier alpha value is -0.790. The summed E-state index contributed by atoms with van der Waals surface area (Å²) >= 11 is 1.47. The van der Waals surface area contributed by atoms with E-state index in [4.69, 9.17) is 5.73 Å². The van der Waals surface area contributed by atoms with E-state index < -0.39 is 0 Å². The summed E-state index contributed by atoms with van der Waals surface area (Å²) in [5.74, 6) is 0. The van der Waals surface area contributed by atoms with Crippen LogP contribution in [-0.4, -0.2) is 20.4 Å².